The third-order valence-corrected chi connectivity index (χ3v) is 2.54. The van der Waals surface area contributed by atoms with Crippen molar-refractivity contribution in [1.29, 1.82) is 0 Å². The summed E-state index contributed by atoms with van der Waals surface area (Å²) in [6.07, 6.45) is 3.47. The molecule has 0 radical (unpaired) electrons. The number of aromatic nitrogens is 2. The van der Waals surface area contributed by atoms with E-state index >= 15 is 0 Å². The number of aliphatic hydroxyl groups is 1. The molecule has 0 fully saturated rings. The van der Waals surface area contributed by atoms with E-state index in [1.807, 2.05) is 0 Å². The number of carbonyl (C=O) groups is 1. The van der Waals surface area contributed by atoms with Crippen LogP contribution in [0.5, 0.6) is 0 Å². The molecule has 19 heavy (non-hydrogen) atoms. The first-order chi connectivity index (χ1) is 8.84. The van der Waals surface area contributed by atoms with Crippen molar-refractivity contribution in [2.75, 3.05) is 19.0 Å². The van der Waals surface area contributed by atoms with Crippen molar-refractivity contribution in [2.24, 2.45) is 5.92 Å². The minimum Gasteiger partial charge on any atom is -0.464 e. The maximum atomic E-state index is 11.2. The summed E-state index contributed by atoms with van der Waals surface area (Å²) < 4.78 is 4.53. The highest BCUT2D eigenvalue weighted by molar-refractivity contribution is 5.86. The summed E-state index contributed by atoms with van der Waals surface area (Å²) in [5, 5.41) is 13.1. The number of anilines is 1. The summed E-state index contributed by atoms with van der Waals surface area (Å²) in [4.78, 5) is 19.2. The van der Waals surface area contributed by atoms with E-state index in [-0.39, 0.29) is 5.69 Å². The van der Waals surface area contributed by atoms with Crippen LogP contribution in [0.3, 0.4) is 0 Å². The van der Waals surface area contributed by atoms with Gasteiger partial charge in [-0.15, -0.1) is 0 Å². The Labute approximate surface area is 113 Å². The molecule has 1 rings (SSSR count). The normalized spacial score (nSPS) is 14.0. The highest BCUT2D eigenvalue weighted by Crippen LogP contribution is 2.16. The Bertz CT molecular complexity index is 416. The van der Waals surface area contributed by atoms with Gasteiger partial charge in [0.15, 0.2) is 5.69 Å². The van der Waals surface area contributed by atoms with Crippen LogP contribution in [0.25, 0.3) is 0 Å². The van der Waals surface area contributed by atoms with Crippen LogP contribution in [0.4, 0.5) is 5.82 Å². The molecule has 0 aliphatic carbocycles. The van der Waals surface area contributed by atoms with Crippen LogP contribution in [-0.4, -0.2) is 40.3 Å². The number of hydrogen-bond donors (Lipinski definition) is 2. The minimum absolute atomic E-state index is 0.155. The van der Waals surface area contributed by atoms with Crippen LogP contribution in [0, 0.1) is 5.92 Å². The van der Waals surface area contributed by atoms with E-state index in [0.29, 0.717) is 24.7 Å². The number of rotatable bonds is 6. The molecule has 0 saturated heterocycles. The Balaban J connectivity index is 2.57. The number of ether oxygens (including phenoxy) is 1. The zero-order chi connectivity index (χ0) is 14.5. The van der Waals surface area contributed by atoms with Gasteiger partial charge in [-0.05, 0) is 19.3 Å². The Morgan fingerprint density at radius 2 is 2.16 bits per heavy atom. The van der Waals surface area contributed by atoms with Gasteiger partial charge < -0.3 is 15.2 Å². The van der Waals surface area contributed by atoms with Crippen LogP contribution in [-0.2, 0) is 4.74 Å². The molecule has 6 nitrogen and oxygen atoms in total. The quantitative estimate of drug-likeness (QED) is 0.759. The number of carbonyl (C=O) groups excluding carboxylic acids is 1. The van der Waals surface area contributed by atoms with Crippen LogP contribution in [0.1, 0.15) is 37.7 Å². The van der Waals surface area contributed by atoms with E-state index in [2.05, 4.69) is 33.9 Å². The number of hydrogen-bond acceptors (Lipinski definition) is 6. The Morgan fingerprint density at radius 1 is 1.47 bits per heavy atom. The van der Waals surface area contributed by atoms with Gasteiger partial charge >= 0.3 is 5.97 Å². The fourth-order valence-electron chi connectivity index (χ4n) is 1.86. The average molecular weight is 267 g/mol. The smallest absolute Gasteiger partial charge is 0.358 e. The molecule has 1 unspecified atom stereocenters. The summed E-state index contributed by atoms with van der Waals surface area (Å²) in [6.45, 7) is 6.26. The maximum absolute atomic E-state index is 11.2. The molecule has 0 spiro atoms. The first kappa shape index (κ1) is 15.4. The van der Waals surface area contributed by atoms with Crippen molar-refractivity contribution < 1.29 is 14.6 Å². The third-order valence-electron chi connectivity index (χ3n) is 2.54. The Morgan fingerprint density at radius 3 is 2.63 bits per heavy atom. The summed E-state index contributed by atoms with van der Waals surface area (Å²) in [5.41, 5.74) is -0.654. The number of nitrogens with zero attached hydrogens (tertiary/aromatic N) is 2. The van der Waals surface area contributed by atoms with E-state index in [9.17, 15) is 9.90 Å². The second kappa shape index (κ2) is 6.47. The molecule has 106 valence electrons. The van der Waals surface area contributed by atoms with Gasteiger partial charge in [0.25, 0.3) is 0 Å². The predicted octanol–water partition coefficient (Wildman–Crippen LogP) is 1.47. The molecule has 0 amide bonds. The standard InChI is InChI=1S/C13H21N3O3/c1-9(2)5-13(3,18)8-16-11-7-14-10(6-15-11)12(17)19-4/h6-7,9,18H,5,8H2,1-4H3,(H,15,16). The van der Waals surface area contributed by atoms with Crippen LogP contribution < -0.4 is 5.32 Å². The Hall–Kier alpha value is -1.69. The molecular weight excluding hydrogens is 246 g/mol. The van der Waals surface area contributed by atoms with Gasteiger partial charge in [0.1, 0.15) is 5.82 Å². The van der Waals surface area contributed by atoms with E-state index in [0.717, 1.165) is 0 Å². The van der Waals surface area contributed by atoms with Gasteiger partial charge in [-0.2, -0.15) is 0 Å². The monoisotopic (exact) mass is 267 g/mol. The third kappa shape index (κ3) is 5.21. The highest BCUT2D eigenvalue weighted by atomic mass is 16.5. The zero-order valence-electron chi connectivity index (χ0n) is 11.8. The molecule has 0 aliphatic rings. The molecule has 1 aromatic heterocycles. The minimum atomic E-state index is -0.809. The van der Waals surface area contributed by atoms with Gasteiger partial charge in [0, 0.05) is 6.54 Å². The second-order valence-electron chi connectivity index (χ2n) is 5.23. The second-order valence-corrected chi connectivity index (χ2v) is 5.23. The maximum Gasteiger partial charge on any atom is 0.358 e. The molecule has 0 aromatic carbocycles. The average Bonchev–Trinajstić information content (AvgIpc) is 2.34. The molecule has 2 N–H and O–H groups in total. The first-order valence-electron chi connectivity index (χ1n) is 6.20. The van der Waals surface area contributed by atoms with Crippen molar-refractivity contribution in [3.05, 3.63) is 18.1 Å². The summed E-state index contributed by atoms with van der Waals surface area (Å²) in [5.74, 6) is 0.395. The van der Waals surface area contributed by atoms with Crippen molar-refractivity contribution in [3.8, 4) is 0 Å². The topological polar surface area (TPSA) is 84.3 Å². The lowest BCUT2D eigenvalue weighted by Gasteiger charge is -2.25. The van der Waals surface area contributed by atoms with Crippen LogP contribution in [0.2, 0.25) is 0 Å². The van der Waals surface area contributed by atoms with Gasteiger partial charge in [-0.1, -0.05) is 13.8 Å². The van der Waals surface area contributed by atoms with Gasteiger partial charge in [-0.3, -0.25) is 0 Å². The molecule has 0 bridgehead atoms. The lowest BCUT2D eigenvalue weighted by Crippen LogP contribution is -2.35. The highest BCUT2D eigenvalue weighted by Gasteiger charge is 2.21. The fourth-order valence-corrected chi connectivity index (χ4v) is 1.86. The summed E-state index contributed by atoms with van der Waals surface area (Å²) in [7, 11) is 1.29. The van der Waals surface area contributed by atoms with Gasteiger partial charge in [-0.25, -0.2) is 14.8 Å². The lowest BCUT2D eigenvalue weighted by atomic mass is 9.94. The van der Waals surface area contributed by atoms with Crippen molar-refractivity contribution in [1.82, 2.24) is 9.97 Å². The van der Waals surface area contributed by atoms with Crippen molar-refractivity contribution in [2.45, 2.75) is 32.8 Å². The van der Waals surface area contributed by atoms with Crippen molar-refractivity contribution >= 4 is 11.8 Å². The lowest BCUT2D eigenvalue weighted by molar-refractivity contribution is 0.0513. The molecule has 0 saturated carbocycles. The summed E-state index contributed by atoms with van der Waals surface area (Å²) >= 11 is 0. The molecule has 1 heterocycles. The number of nitrogens with one attached hydrogen (secondary N) is 1. The predicted molar refractivity (Wildman–Crippen MR) is 71.9 cm³/mol. The largest absolute Gasteiger partial charge is 0.464 e. The molecule has 1 aromatic rings. The zero-order valence-corrected chi connectivity index (χ0v) is 11.8. The number of esters is 1. The van der Waals surface area contributed by atoms with Crippen molar-refractivity contribution in [3.63, 3.8) is 0 Å². The SMILES string of the molecule is COC(=O)c1cnc(NCC(C)(O)CC(C)C)cn1. The van der Waals surface area contributed by atoms with E-state index < -0.39 is 11.6 Å². The van der Waals surface area contributed by atoms with Crippen LogP contribution in [0.15, 0.2) is 12.4 Å². The first-order valence-corrected chi connectivity index (χ1v) is 6.20. The van der Waals surface area contributed by atoms with Gasteiger partial charge in [0.2, 0.25) is 0 Å². The Kier molecular flexibility index (Phi) is 5.23. The molecule has 1 atom stereocenters. The molecule has 0 aliphatic heterocycles. The molecular formula is C13H21N3O3. The molecule has 6 heteroatoms. The fraction of sp³-hybridized carbons (Fsp3) is 0.615. The van der Waals surface area contributed by atoms with E-state index in [1.165, 1.54) is 19.5 Å². The summed E-state index contributed by atoms with van der Waals surface area (Å²) in [6, 6.07) is 0. The number of methoxy groups -OCH3 is 1. The van der Waals surface area contributed by atoms with Crippen LogP contribution >= 0.6 is 0 Å². The van der Waals surface area contributed by atoms with Gasteiger partial charge in [0.05, 0.1) is 25.1 Å². The van der Waals surface area contributed by atoms with E-state index in [4.69, 9.17) is 0 Å². The van der Waals surface area contributed by atoms with E-state index in [1.54, 1.807) is 6.92 Å².